The van der Waals surface area contributed by atoms with Crippen molar-refractivity contribution in [2.75, 3.05) is 20.3 Å². The first-order valence-corrected chi connectivity index (χ1v) is 8.18. The molecule has 0 atom stereocenters. The van der Waals surface area contributed by atoms with Gasteiger partial charge < -0.3 is 19.3 Å². The van der Waals surface area contributed by atoms with Crippen molar-refractivity contribution >= 4 is 17.8 Å². The van der Waals surface area contributed by atoms with Crippen LogP contribution in [0.15, 0.2) is 41.5 Å². The average molecular weight is 389 g/mol. The molecule has 0 aliphatic rings. The van der Waals surface area contributed by atoms with Crippen LogP contribution in [-0.2, 0) is 4.79 Å². The Morgan fingerprint density at radius 2 is 1.93 bits per heavy atom. The number of para-hydroxylation sites is 2. The fourth-order valence-electron chi connectivity index (χ4n) is 2.18. The van der Waals surface area contributed by atoms with Gasteiger partial charge in [-0.2, -0.15) is 5.10 Å². The number of benzene rings is 2. The molecule has 148 valence electrons. The highest BCUT2D eigenvalue weighted by Gasteiger charge is 2.19. The second-order valence-electron chi connectivity index (χ2n) is 5.31. The Morgan fingerprint density at radius 1 is 1.25 bits per heavy atom. The summed E-state index contributed by atoms with van der Waals surface area (Å²) in [5.41, 5.74) is 1.96. The number of amides is 1. The van der Waals surface area contributed by atoms with E-state index in [1.165, 1.54) is 19.4 Å². The first-order valence-electron chi connectivity index (χ1n) is 8.18. The van der Waals surface area contributed by atoms with Crippen LogP contribution < -0.4 is 19.6 Å². The van der Waals surface area contributed by atoms with Crippen LogP contribution in [0.3, 0.4) is 0 Å². The summed E-state index contributed by atoms with van der Waals surface area (Å²) in [5, 5.41) is 24.4. The van der Waals surface area contributed by atoms with E-state index in [2.05, 4.69) is 10.5 Å². The second-order valence-corrected chi connectivity index (χ2v) is 5.31. The van der Waals surface area contributed by atoms with Crippen LogP contribution in [0.1, 0.15) is 12.5 Å². The molecule has 10 nitrogen and oxygen atoms in total. The van der Waals surface area contributed by atoms with Gasteiger partial charge in [-0.3, -0.25) is 14.9 Å². The van der Waals surface area contributed by atoms with E-state index in [9.17, 15) is 20.0 Å². The molecule has 10 heteroatoms. The molecule has 0 aromatic heterocycles. The minimum Gasteiger partial charge on any atom is -0.500 e. The van der Waals surface area contributed by atoms with Crippen molar-refractivity contribution < 1.29 is 29.0 Å². The van der Waals surface area contributed by atoms with Crippen LogP contribution in [-0.4, -0.2) is 42.5 Å². The van der Waals surface area contributed by atoms with Crippen molar-refractivity contribution in [2.24, 2.45) is 5.10 Å². The molecule has 0 aliphatic heterocycles. The van der Waals surface area contributed by atoms with Gasteiger partial charge in [-0.05, 0) is 25.1 Å². The highest BCUT2D eigenvalue weighted by atomic mass is 16.6. The molecule has 28 heavy (non-hydrogen) atoms. The minimum atomic E-state index is -0.753. The molecule has 2 N–H and O–H groups in total. The van der Waals surface area contributed by atoms with E-state index in [4.69, 9.17) is 14.2 Å². The lowest BCUT2D eigenvalue weighted by atomic mass is 10.2. The Kier molecular flexibility index (Phi) is 7.14. The summed E-state index contributed by atoms with van der Waals surface area (Å²) in [4.78, 5) is 22.1. The highest BCUT2D eigenvalue weighted by molar-refractivity contribution is 5.85. The molecule has 0 aliphatic carbocycles. The predicted octanol–water partition coefficient (Wildman–Crippen LogP) is 2.24. The number of nitro benzene ring substituents is 1. The summed E-state index contributed by atoms with van der Waals surface area (Å²) in [6.07, 6.45) is 1.18. The number of phenols is 1. The lowest BCUT2D eigenvalue weighted by molar-refractivity contribution is -0.386. The standard InChI is InChI=1S/C18H19N3O7/c1-3-27-14-6-4-5-7-15(14)28-11-17(22)20-19-10-12-8-13(21(24)25)18(23)16(9-12)26-2/h4-10,23H,3,11H2,1-2H3,(H,20,22). The first-order chi connectivity index (χ1) is 13.5. The van der Waals surface area contributed by atoms with E-state index in [0.29, 0.717) is 18.1 Å². The van der Waals surface area contributed by atoms with Crippen molar-refractivity contribution in [2.45, 2.75) is 6.92 Å². The quantitative estimate of drug-likeness (QED) is 0.382. The third kappa shape index (κ3) is 5.34. The van der Waals surface area contributed by atoms with Gasteiger partial charge in [0.15, 0.2) is 23.9 Å². The molecule has 2 rings (SSSR count). The number of aromatic hydroxyl groups is 1. The zero-order valence-corrected chi connectivity index (χ0v) is 15.2. The van der Waals surface area contributed by atoms with E-state index in [0.717, 1.165) is 6.07 Å². The fourth-order valence-corrected chi connectivity index (χ4v) is 2.18. The molecule has 0 spiro atoms. The van der Waals surface area contributed by atoms with Crippen LogP contribution in [0.2, 0.25) is 0 Å². The van der Waals surface area contributed by atoms with E-state index in [1.54, 1.807) is 24.3 Å². The number of methoxy groups -OCH3 is 1. The minimum absolute atomic E-state index is 0.0853. The fraction of sp³-hybridized carbons (Fsp3) is 0.222. The lowest BCUT2D eigenvalue weighted by Crippen LogP contribution is -2.24. The van der Waals surface area contributed by atoms with Gasteiger partial charge in [0.25, 0.3) is 5.91 Å². The SMILES string of the molecule is CCOc1ccccc1OCC(=O)NN=Cc1cc(OC)c(O)c([N+](=O)[O-])c1. The average Bonchev–Trinajstić information content (AvgIpc) is 2.68. The first kappa shape index (κ1) is 20.5. The van der Waals surface area contributed by atoms with Crippen LogP contribution in [0.4, 0.5) is 5.69 Å². The molecule has 2 aromatic rings. The van der Waals surface area contributed by atoms with Crippen molar-refractivity contribution in [3.05, 3.63) is 52.1 Å². The van der Waals surface area contributed by atoms with Crippen molar-refractivity contribution in [3.8, 4) is 23.0 Å². The van der Waals surface area contributed by atoms with Crippen molar-refractivity contribution in [1.82, 2.24) is 5.43 Å². The van der Waals surface area contributed by atoms with Crippen molar-refractivity contribution in [1.29, 1.82) is 0 Å². The molecular formula is C18H19N3O7. The van der Waals surface area contributed by atoms with Crippen molar-refractivity contribution in [3.63, 3.8) is 0 Å². The summed E-state index contributed by atoms with van der Waals surface area (Å²) >= 11 is 0. The van der Waals surface area contributed by atoms with Gasteiger partial charge in [0, 0.05) is 11.6 Å². The zero-order valence-electron chi connectivity index (χ0n) is 15.2. The third-order valence-electron chi connectivity index (χ3n) is 3.40. The van der Waals surface area contributed by atoms with E-state index >= 15 is 0 Å². The Labute approximate surface area is 160 Å². The molecule has 0 heterocycles. The van der Waals surface area contributed by atoms with Gasteiger partial charge in [0.1, 0.15) is 0 Å². The number of nitrogens with zero attached hydrogens (tertiary/aromatic N) is 2. The Balaban J connectivity index is 1.98. The summed E-state index contributed by atoms with van der Waals surface area (Å²) in [6.45, 7) is 1.99. The maximum absolute atomic E-state index is 11.9. The van der Waals surface area contributed by atoms with E-state index < -0.39 is 22.3 Å². The van der Waals surface area contributed by atoms with E-state index in [1.807, 2.05) is 6.92 Å². The van der Waals surface area contributed by atoms with Crippen LogP contribution in [0.5, 0.6) is 23.0 Å². The predicted molar refractivity (Wildman–Crippen MR) is 100 cm³/mol. The molecular weight excluding hydrogens is 370 g/mol. The van der Waals surface area contributed by atoms with Gasteiger partial charge in [0.2, 0.25) is 5.75 Å². The summed E-state index contributed by atoms with van der Waals surface area (Å²) in [7, 11) is 1.26. The largest absolute Gasteiger partial charge is 0.500 e. The van der Waals surface area contributed by atoms with Gasteiger partial charge in [0.05, 0.1) is 24.9 Å². The van der Waals surface area contributed by atoms with Gasteiger partial charge in [-0.25, -0.2) is 5.43 Å². The number of ether oxygens (including phenoxy) is 3. The number of hydrogen-bond donors (Lipinski definition) is 2. The summed E-state index contributed by atoms with van der Waals surface area (Å²) < 4.78 is 15.7. The molecule has 0 saturated carbocycles. The molecule has 0 radical (unpaired) electrons. The van der Waals surface area contributed by atoms with Gasteiger partial charge in [-0.15, -0.1) is 0 Å². The molecule has 0 unspecified atom stereocenters. The number of nitrogens with one attached hydrogen (secondary N) is 1. The Hall–Kier alpha value is -3.82. The molecule has 1 amide bonds. The smallest absolute Gasteiger partial charge is 0.315 e. The van der Waals surface area contributed by atoms with E-state index in [-0.39, 0.29) is 17.9 Å². The Morgan fingerprint density at radius 3 is 2.54 bits per heavy atom. The number of phenolic OH excluding ortho intramolecular Hbond substituents is 1. The molecule has 0 fully saturated rings. The Bertz CT molecular complexity index is 883. The lowest BCUT2D eigenvalue weighted by Gasteiger charge is -2.10. The number of carbonyl (C=O) groups excluding carboxylic acids is 1. The topological polar surface area (TPSA) is 133 Å². The molecule has 0 saturated heterocycles. The number of nitro groups is 1. The third-order valence-corrected chi connectivity index (χ3v) is 3.40. The number of hydrazone groups is 1. The van der Waals surface area contributed by atoms with Crippen LogP contribution >= 0.6 is 0 Å². The molecule has 2 aromatic carbocycles. The molecule has 0 bridgehead atoms. The maximum atomic E-state index is 11.9. The second kappa shape index (κ2) is 9.76. The number of hydrogen-bond acceptors (Lipinski definition) is 8. The summed E-state index contributed by atoms with van der Waals surface area (Å²) in [6, 6.07) is 9.37. The highest BCUT2D eigenvalue weighted by Crippen LogP contribution is 2.36. The maximum Gasteiger partial charge on any atom is 0.315 e. The van der Waals surface area contributed by atoms with Gasteiger partial charge >= 0.3 is 5.69 Å². The summed E-state index contributed by atoms with van der Waals surface area (Å²) in [5.74, 6) is -0.275. The van der Waals surface area contributed by atoms with Crippen LogP contribution in [0.25, 0.3) is 0 Å². The van der Waals surface area contributed by atoms with Crippen LogP contribution in [0, 0.1) is 10.1 Å². The monoisotopic (exact) mass is 389 g/mol. The number of carbonyl (C=O) groups is 1. The normalized spacial score (nSPS) is 10.5. The zero-order chi connectivity index (χ0) is 20.5. The van der Waals surface area contributed by atoms with Gasteiger partial charge in [-0.1, -0.05) is 12.1 Å². The number of rotatable bonds is 9.